The molecule has 3 rings (SSSR count). The van der Waals surface area contributed by atoms with Crippen LogP contribution < -0.4 is 15.5 Å². The molecular weight excluding hydrogens is 252 g/mol. The lowest BCUT2D eigenvalue weighted by atomic mass is 10.1. The average Bonchev–Trinajstić information content (AvgIpc) is 3.31. The van der Waals surface area contributed by atoms with Gasteiger partial charge in [-0.15, -0.1) is 0 Å². The molecule has 5 heteroatoms. The van der Waals surface area contributed by atoms with E-state index in [1.165, 1.54) is 0 Å². The molecule has 1 aliphatic heterocycles. The Hall–Kier alpha value is -1.62. The highest BCUT2D eigenvalue weighted by Crippen LogP contribution is 2.19. The maximum atomic E-state index is 11.6. The molecule has 0 radical (unpaired) electrons. The third-order valence-corrected chi connectivity index (χ3v) is 3.96. The molecule has 1 saturated heterocycles. The zero-order chi connectivity index (χ0) is 13.8. The van der Waals surface area contributed by atoms with Crippen molar-refractivity contribution in [1.82, 2.24) is 15.6 Å². The summed E-state index contributed by atoms with van der Waals surface area (Å²) in [5.41, 5.74) is 0. The summed E-state index contributed by atoms with van der Waals surface area (Å²) in [6.45, 7) is 2.45. The van der Waals surface area contributed by atoms with Gasteiger partial charge in [0.1, 0.15) is 5.82 Å². The summed E-state index contributed by atoms with van der Waals surface area (Å²) in [5, 5.41) is 6.37. The highest BCUT2D eigenvalue weighted by atomic mass is 16.2. The number of amides is 1. The van der Waals surface area contributed by atoms with Crippen LogP contribution in [0.25, 0.3) is 0 Å². The number of piperidine rings is 1. The number of hydrogen-bond donors (Lipinski definition) is 2. The van der Waals surface area contributed by atoms with Crippen LogP contribution in [0.5, 0.6) is 0 Å². The molecule has 1 saturated carbocycles. The number of nitrogens with one attached hydrogen (secondary N) is 2. The number of carbonyl (C=O) groups excluding carboxylic acids is 1. The summed E-state index contributed by atoms with van der Waals surface area (Å²) in [6, 6.07) is 6.91. The fourth-order valence-corrected chi connectivity index (χ4v) is 2.60. The minimum absolute atomic E-state index is 0.139. The van der Waals surface area contributed by atoms with E-state index in [4.69, 9.17) is 0 Å². The van der Waals surface area contributed by atoms with Gasteiger partial charge in [0.25, 0.3) is 0 Å². The molecule has 0 atom stereocenters. The standard InChI is InChI=1S/C15H22N4O/c20-15(18-13-4-5-13)11-17-12-6-9-19(10-7-12)14-3-1-2-8-16-14/h1-3,8,12-13,17H,4-7,9-11H2,(H,18,20). The molecule has 2 N–H and O–H groups in total. The van der Waals surface area contributed by atoms with Gasteiger partial charge in [-0.1, -0.05) is 6.07 Å². The zero-order valence-corrected chi connectivity index (χ0v) is 11.7. The first-order valence-electron chi connectivity index (χ1n) is 7.50. The van der Waals surface area contributed by atoms with Gasteiger partial charge in [-0.3, -0.25) is 4.79 Å². The summed E-state index contributed by atoms with van der Waals surface area (Å²) in [5.74, 6) is 1.19. The predicted molar refractivity (Wildman–Crippen MR) is 78.6 cm³/mol. The second-order valence-corrected chi connectivity index (χ2v) is 5.67. The highest BCUT2D eigenvalue weighted by Gasteiger charge is 2.24. The van der Waals surface area contributed by atoms with Crippen LogP contribution in [0.2, 0.25) is 0 Å². The predicted octanol–water partition coefficient (Wildman–Crippen LogP) is 0.919. The van der Waals surface area contributed by atoms with E-state index in [1.54, 1.807) is 0 Å². The summed E-state index contributed by atoms with van der Waals surface area (Å²) in [7, 11) is 0. The zero-order valence-electron chi connectivity index (χ0n) is 11.7. The van der Waals surface area contributed by atoms with E-state index in [2.05, 4.69) is 26.6 Å². The second-order valence-electron chi connectivity index (χ2n) is 5.67. The summed E-state index contributed by atoms with van der Waals surface area (Å²) in [6.07, 6.45) is 6.25. The number of hydrogen-bond acceptors (Lipinski definition) is 4. The number of rotatable bonds is 5. The Morgan fingerprint density at radius 1 is 1.20 bits per heavy atom. The van der Waals surface area contributed by atoms with E-state index in [0.29, 0.717) is 18.6 Å². The molecule has 2 fully saturated rings. The lowest BCUT2D eigenvalue weighted by Crippen LogP contribution is -2.46. The van der Waals surface area contributed by atoms with E-state index >= 15 is 0 Å². The molecule has 5 nitrogen and oxygen atoms in total. The topological polar surface area (TPSA) is 57.3 Å². The highest BCUT2D eigenvalue weighted by molar-refractivity contribution is 5.78. The van der Waals surface area contributed by atoms with E-state index < -0.39 is 0 Å². The van der Waals surface area contributed by atoms with E-state index in [1.807, 2.05) is 18.3 Å². The fraction of sp³-hybridized carbons (Fsp3) is 0.600. The Bertz CT molecular complexity index is 438. The minimum Gasteiger partial charge on any atom is -0.357 e. The largest absolute Gasteiger partial charge is 0.357 e. The van der Waals surface area contributed by atoms with Crippen molar-refractivity contribution in [3.05, 3.63) is 24.4 Å². The Labute approximate surface area is 119 Å². The van der Waals surface area contributed by atoms with Crippen molar-refractivity contribution < 1.29 is 4.79 Å². The van der Waals surface area contributed by atoms with Crippen LogP contribution >= 0.6 is 0 Å². The summed E-state index contributed by atoms with van der Waals surface area (Å²) < 4.78 is 0. The summed E-state index contributed by atoms with van der Waals surface area (Å²) >= 11 is 0. The van der Waals surface area contributed by atoms with Gasteiger partial charge in [0.15, 0.2) is 0 Å². The van der Waals surface area contributed by atoms with E-state index in [-0.39, 0.29) is 5.91 Å². The van der Waals surface area contributed by atoms with E-state index in [0.717, 1.165) is 44.6 Å². The number of anilines is 1. The molecule has 20 heavy (non-hydrogen) atoms. The molecule has 1 aromatic heterocycles. The first-order chi connectivity index (χ1) is 9.81. The molecule has 1 aromatic rings. The average molecular weight is 274 g/mol. The molecule has 108 valence electrons. The van der Waals surface area contributed by atoms with Gasteiger partial charge < -0.3 is 15.5 Å². The van der Waals surface area contributed by atoms with Gasteiger partial charge in [-0.25, -0.2) is 4.98 Å². The third-order valence-electron chi connectivity index (χ3n) is 3.96. The minimum atomic E-state index is 0.139. The SMILES string of the molecule is O=C(CNC1CCN(c2ccccn2)CC1)NC1CC1. The molecule has 0 spiro atoms. The van der Waals surface area contributed by atoms with Gasteiger partial charge in [0.2, 0.25) is 5.91 Å². The number of carbonyl (C=O) groups is 1. The molecule has 1 amide bonds. The van der Waals surface area contributed by atoms with Gasteiger partial charge in [-0.05, 0) is 37.8 Å². The Balaban J connectivity index is 1.38. The van der Waals surface area contributed by atoms with Crippen LogP contribution in [0.4, 0.5) is 5.82 Å². The van der Waals surface area contributed by atoms with Crippen molar-refractivity contribution >= 4 is 11.7 Å². The Morgan fingerprint density at radius 3 is 2.65 bits per heavy atom. The first-order valence-corrected chi connectivity index (χ1v) is 7.50. The smallest absolute Gasteiger partial charge is 0.234 e. The number of nitrogens with zero attached hydrogens (tertiary/aromatic N) is 2. The molecule has 0 aromatic carbocycles. The Morgan fingerprint density at radius 2 is 2.00 bits per heavy atom. The lowest BCUT2D eigenvalue weighted by Gasteiger charge is -2.33. The summed E-state index contributed by atoms with van der Waals surface area (Å²) in [4.78, 5) is 18.3. The second kappa shape index (κ2) is 6.22. The van der Waals surface area contributed by atoms with Gasteiger partial charge in [0, 0.05) is 31.4 Å². The number of pyridine rings is 1. The van der Waals surface area contributed by atoms with Crippen molar-refractivity contribution in [3.8, 4) is 0 Å². The Kier molecular flexibility index (Phi) is 4.16. The first kappa shape index (κ1) is 13.4. The van der Waals surface area contributed by atoms with Crippen LogP contribution in [0, 0.1) is 0 Å². The van der Waals surface area contributed by atoms with Crippen LogP contribution in [0.15, 0.2) is 24.4 Å². The molecule has 1 aliphatic carbocycles. The quantitative estimate of drug-likeness (QED) is 0.838. The van der Waals surface area contributed by atoms with Crippen molar-refractivity contribution in [1.29, 1.82) is 0 Å². The van der Waals surface area contributed by atoms with Crippen molar-refractivity contribution in [2.45, 2.75) is 37.8 Å². The molecule has 2 heterocycles. The normalized spacial score (nSPS) is 19.9. The monoisotopic (exact) mass is 274 g/mol. The lowest BCUT2D eigenvalue weighted by molar-refractivity contribution is -0.120. The van der Waals surface area contributed by atoms with Crippen LogP contribution in [-0.2, 0) is 4.79 Å². The number of aromatic nitrogens is 1. The molecule has 2 aliphatic rings. The van der Waals surface area contributed by atoms with Gasteiger partial charge in [-0.2, -0.15) is 0 Å². The fourth-order valence-electron chi connectivity index (χ4n) is 2.60. The van der Waals surface area contributed by atoms with Crippen LogP contribution in [-0.4, -0.2) is 42.6 Å². The maximum Gasteiger partial charge on any atom is 0.234 e. The van der Waals surface area contributed by atoms with E-state index in [9.17, 15) is 4.79 Å². The maximum absolute atomic E-state index is 11.6. The molecule has 0 unspecified atom stereocenters. The van der Waals surface area contributed by atoms with Crippen LogP contribution in [0.1, 0.15) is 25.7 Å². The van der Waals surface area contributed by atoms with Crippen LogP contribution in [0.3, 0.4) is 0 Å². The molecular formula is C15H22N4O. The van der Waals surface area contributed by atoms with Crippen molar-refractivity contribution in [2.24, 2.45) is 0 Å². The van der Waals surface area contributed by atoms with Crippen molar-refractivity contribution in [3.63, 3.8) is 0 Å². The van der Waals surface area contributed by atoms with Gasteiger partial charge in [0.05, 0.1) is 6.54 Å². The van der Waals surface area contributed by atoms with Gasteiger partial charge >= 0.3 is 0 Å². The van der Waals surface area contributed by atoms with Crippen molar-refractivity contribution in [2.75, 3.05) is 24.5 Å². The molecule has 0 bridgehead atoms. The third kappa shape index (κ3) is 3.70.